The molecule has 1 saturated heterocycles. The number of nitrogens with two attached hydrogens (primary N) is 1. The van der Waals surface area contributed by atoms with Gasteiger partial charge in [-0.15, -0.1) is 0 Å². The summed E-state index contributed by atoms with van der Waals surface area (Å²) in [5.74, 6) is -4.26. The highest BCUT2D eigenvalue weighted by Crippen LogP contribution is 2.21. The molecule has 200 valence electrons. The second kappa shape index (κ2) is 12.6. The number of carboxylic acid groups (broad SMARTS) is 2. The van der Waals surface area contributed by atoms with Crippen molar-refractivity contribution in [3.63, 3.8) is 0 Å². The van der Waals surface area contributed by atoms with Gasteiger partial charge in [-0.05, 0) is 30.9 Å². The van der Waals surface area contributed by atoms with E-state index in [4.69, 9.17) is 10.8 Å². The van der Waals surface area contributed by atoms with Crippen LogP contribution in [0.15, 0.2) is 30.5 Å². The van der Waals surface area contributed by atoms with Gasteiger partial charge in [0.05, 0.1) is 6.04 Å². The first kappa shape index (κ1) is 28.0. The number of nitrogens with zero attached hydrogens (tertiary/aromatic N) is 1. The van der Waals surface area contributed by atoms with Crippen LogP contribution < -0.4 is 16.4 Å². The normalized spacial score (nSPS) is 17.7. The number of carbonyl (C=O) groups is 5. The molecule has 3 amide bonds. The molecule has 0 bridgehead atoms. The Labute approximate surface area is 218 Å². The molecule has 2 aromatic rings. The number of para-hydroxylation sites is 1. The molecule has 1 fully saturated rings. The van der Waals surface area contributed by atoms with Gasteiger partial charge in [-0.1, -0.05) is 18.2 Å². The number of aromatic nitrogens is 1. The van der Waals surface area contributed by atoms with Crippen LogP contribution in [0.2, 0.25) is 0 Å². The van der Waals surface area contributed by atoms with E-state index in [2.05, 4.69) is 28.2 Å². The summed E-state index contributed by atoms with van der Waals surface area (Å²) >= 11 is 4.18. The second-order valence-electron chi connectivity index (χ2n) is 8.94. The number of benzene rings is 1. The molecule has 1 aromatic heterocycles. The maximum absolute atomic E-state index is 13.3. The summed E-state index contributed by atoms with van der Waals surface area (Å²) in [4.78, 5) is 65.8. The first-order valence-corrected chi connectivity index (χ1v) is 12.5. The first-order chi connectivity index (χ1) is 17.6. The number of carboxylic acids is 2. The van der Waals surface area contributed by atoms with E-state index in [-0.39, 0.29) is 31.6 Å². The molecule has 0 radical (unpaired) electrons. The Bertz CT molecular complexity index is 1170. The topological polar surface area (TPSA) is 195 Å². The largest absolute Gasteiger partial charge is 0.481 e. The molecule has 0 aliphatic carbocycles. The van der Waals surface area contributed by atoms with Gasteiger partial charge in [0.2, 0.25) is 17.7 Å². The summed E-state index contributed by atoms with van der Waals surface area (Å²) in [5, 5.41) is 24.3. The Morgan fingerprint density at radius 1 is 1.11 bits per heavy atom. The fourth-order valence-corrected chi connectivity index (χ4v) is 4.61. The molecule has 3 rings (SSSR count). The number of H-pyrrole nitrogens is 1. The number of aromatic amines is 1. The highest BCUT2D eigenvalue weighted by atomic mass is 32.1. The molecule has 37 heavy (non-hydrogen) atoms. The number of hydrogen-bond donors (Lipinski definition) is 7. The number of amides is 3. The van der Waals surface area contributed by atoms with Gasteiger partial charge < -0.3 is 36.5 Å². The van der Waals surface area contributed by atoms with Crippen LogP contribution in [0.25, 0.3) is 10.9 Å². The summed E-state index contributed by atoms with van der Waals surface area (Å²) < 4.78 is 0. The summed E-state index contributed by atoms with van der Waals surface area (Å²) in [6, 6.07) is 3.01. The zero-order chi connectivity index (χ0) is 27.1. The quantitative estimate of drug-likeness (QED) is 0.183. The number of nitrogens with one attached hydrogen (secondary N) is 3. The lowest BCUT2D eigenvalue weighted by Crippen LogP contribution is -2.58. The van der Waals surface area contributed by atoms with Gasteiger partial charge in [-0.2, -0.15) is 12.6 Å². The first-order valence-electron chi connectivity index (χ1n) is 11.9. The van der Waals surface area contributed by atoms with E-state index >= 15 is 0 Å². The Morgan fingerprint density at radius 2 is 1.81 bits per heavy atom. The van der Waals surface area contributed by atoms with E-state index in [0.717, 1.165) is 16.5 Å². The average Bonchev–Trinajstić information content (AvgIpc) is 3.52. The van der Waals surface area contributed by atoms with Crippen molar-refractivity contribution in [1.29, 1.82) is 0 Å². The Morgan fingerprint density at radius 3 is 2.49 bits per heavy atom. The average molecular weight is 534 g/mol. The predicted molar refractivity (Wildman–Crippen MR) is 137 cm³/mol. The third kappa shape index (κ3) is 7.01. The van der Waals surface area contributed by atoms with Gasteiger partial charge in [-0.3, -0.25) is 19.2 Å². The summed E-state index contributed by atoms with van der Waals surface area (Å²) in [6.45, 7) is 0.254. The number of carbonyl (C=O) groups excluding carboxylic acids is 3. The van der Waals surface area contributed by atoms with Crippen LogP contribution in [0, 0.1) is 0 Å². The summed E-state index contributed by atoms with van der Waals surface area (Å²) in [5.41, 5.74) is 7.40. The number of aliphatic carboxylic acids is 2. The van der Waals surface area contributed by atoms with E-state index in [0.29, 0.717) is 12.8 Å². The minimum absolute atomic E-state index is 0.0577. The number of thiol groups is 1. The minimum atomic E-state index is -1.15. The smallest absolute Gasteiger partial charge is 0.326 e. The molecule has 7 N–H and O–H groups in total. The number of fused-ring (bicyclic) bond motifs is 1. The molecule has 12 nitrogen and oxygen atoms in total. The highest BCUT2D eigenvalue weighted by Gasteiger charge is 2.38. The summed E-state index contributed by atoms with van der Waals surface area (Å²) in [7, 11) is 0. The Hall–Kier alpha value is -3.58. The standard InChI is InChI=1S/C24H31N5O7S/c25-15(7-8-20(30)31)21(32)27-17(10-13-11-26-16-5-2-1-4-14(13)16)22(33)28-18(12-37)23(34)29-9-3-6-19(29)24(35)36/h1-2,4-5,11,15,17-19,26,37H,3,6-10,12,25H2,(H,27,32)(H,28,33)(H,30,31)(H,35,36). The van der Waals surface area contributed by atoms with E-state index in [1.54, 1.807) is 6.20 Å². The van der Waals surface area contributed by atoms with Gasteiger partial charge in [-0.25, -0.2) is 4.79 Å². The lowest BCUT2D eigenvalue weighted by atomic mass is 10.0. The van der Waals surface area contributed by atoms with Crippen molar-refractivity contribution in [3.8, 4) is 0 Å². The SMILES string of the molecule is NC(CCC(=O)O)C(=O)NC(Cc1c[nH]c2ccccc12)C(=O)NC(CS)C(=O)N1CCCC1C(=O)O. The Balaban J connectivity index is 1.79. The van der Waals surface area contributed by atoms with Gasteiger partial charge in [0.25, 0.3) is 0 Å². The van der Waals surface area contributed by atoms with Crippen molar-refractivity contribution in [1.82, 2.24) is 20.5 Å². The van der Waals surface area contributed by atoms with Crippen molar-refractivity contribution < 1.29 is 34.2 Å². The maximum Gasteiger partial charge on any atom is 0.326 e. The monoisotopic (exact) mass is 533 g/mol. The van der Waals surface area contributed by atoms with Crippen LogP contribution >= 0.6 is 12.6 Å². The summed E-state index contributed by atoms with van der Waals surface area (Å²) in [6.07, 6.45) is 2.19. The number of rotatable bonds is 12. The van der Waals surface area contributed by atoms with E-state index < -0.39 is 53.8 Å². The zero-order valence-corrected chi connectivity index (χ0v) is 20.9. The van der Waals surface area contributed by atoms with Crippen molar-refractivity contribution in [2.24, 2.45) is 5.73 Å². The fraction of sp³-hybridized carbons (Fsp3) is 0.458. The Kier molecular flexibility index (Phi) is 9.53. The number of likely N-dealkylation sites (tertiary alicyclic amines) is 1. The van der Waals surface area contributed by atoms with Crippen LogP contribution in [0.4, 0.5) is 0 Å². The molecule has 4 unspecified atom stereocenters. The van der Waals surface area contributed by atoms with Gasteiger partial charge in [0.15, 0.2) is 0 Å². The van der Waals surface area contributed by atoms with Crippen molar-refractivity contribution in [2.75, 3.05) is 12.3 Å². The third-order valence-corrected chi connectivity index (χ3v) is 6.72. The molecule has 13 heteroatoms. The lowest BCUT2D eigenvalue weighted by molar-refractivity contribution is -0.149. The molecule has 0 spiro atoms. The van der Waals surface area contributed by atoms with Crippen molar-refractivity contribution in [3.05, 3.63) is 36.0 Å². The van der Waals surface area contributed by atoms with Gasteiger partial charge in [0, 0.05) is 42.2 Å². The molecule has 1 aromatic carbocycles. The molecule has 2 heterocycles. The maximum atomic E-state index is 13.3. The predicted octanol–water partition coefficient (Wildman–Crippen LogP) is -0.122. The van der Waals surface area contributed by atoms with Crippen LogP contribution in [0.3, 0.4) is 0 Å². The van der Waals surface area contributed by atoms with Crippen molar-refractivity contribution >= 4 is 53.2 Å². The molecular weight excluding hydrogens is 502 g/mol. The molecule has 1 aliphatic rings. The fourth-order valence-electron chi connectivity index (χ4n) is 4.36. The van der Waals surface area contributed by atoms with E-state index in [1.807, 2.05) is 24.3 Å². The molecule has 4 atom stereocenters. The molecule has 1 aliphatic heterocycles. The van der Waals surface area contributed by atoms with E-state index in [9.17, 15) is 29.1 Å². The van der Waals surface area contributed by atoms with Gasteiger partial charge >= 0.3 is 11.9 Å². The van der Waals surface area contributed by atoms with Crippen LogP contribution in [-0.2, 0) is 30.4 Å². The van der Waals surface area contributed by atoms with Crippen LogP contribution in [0.5, 0.6) is 0 Å². The number of hydrogen-bond acceptors (Lipinski definition) is 7. The van der Waals surface area contributed by atoms with E-state index in [1.165, 1.54) is 4.90 Å². The minimum Gasteiger partial charge on any atom is -0.481 e. The van der Waals surface area contributed by atoms with Crippen molar-refractivity contribution in [2.45, 2.75) is 56.3 Å². The highest BCUT2D eigenvalue weighted by molar-refractivity contribution is 7.80. The third-order valence-electron chi connectivity index (χ3n) is 6.36. The molecule has 0 saturated carbocycles. The molecular formula is C24H31N5O7S. The lowest BCUT2D eigenvalue weighted by Gasteiger charge is -2.28. The van der Waals surface area contributed by atoms with Gasteiger partial charge in [0.1, 0.15) is 18.1 Å². The second-order valence-corrected chi connectivity index (χ2v) is 9.30. The van der Waals surface area contributed by atoms with Crippen LogP contribution in [-0.4, -0.2) is 86.2 Å². The zero-order valence-electron chi connectivity index (χ0n) is 20.1. The van der Waals surface area contributed by atoms with Crippen LogP contribution in [0.1, 0.15) is 31.2 Å².